The number of ether oxygens (including phenoxy) is 4. The van der Waals surface area contributed by atoms with Gasteiger partial charge in [-0.15, -0.1) is 0 Å². The van der Waals surface area contributed by atoms with Crippen molar-refractivity contribution in [1.82, 2.24) is 0 Å². The summed E-state index contributed by atoms with van der Waals surface area (Å²) in [5, 5.41) is 18.9. The largest absolute Gasteiger partial charge is 0.502 e. The molecule has 0 amide bonds. The van der Waals surface area contributed by atoms with Crippen LogP contribution >= 0.6 is 0 Å². The lowest BCUT2D eigenvalue weighted by Gasteiger charge is -2.12. The molecule has 8 heteroatoms. The maximum atomic E-state index is 12.4. The minimum atomic E-state index is -1.14. The first-order valence-corrected chi connectivity index (χ1v) is 6.99. The summed E-state index contributed by atoms with van der Waals surface area (Å²) in [6, 6.07) is 6.42. The van der Waals surface area contributed by atoms with Crippen molar-refractivity contribution in [3.8, 4) is 28.7 Å². The van der Waals surface area contributed by atoms with E-state index in [-0.39, 0.29) is 39.9 Å². The van der Waals surface area contributed by atoms with Crippen LogP contribution in [0.3, 0.4) is 0 Å². The number of hydrogen-bond acceptors (Lipinski definition) is 7. The van der Waals surface area contributed by atoms with Gasteiger partial charge in [-0.1, -0.05) is 0 Å². The lowest BCUT2D eigenvalue weighted by atomic mass is 10.1. The number of phenols is 1. The van der Waals surface area contributed by atoms with Crippen LogP contribution in [-0.2, 0) is 0 Å². The van der Waals surface area contributed by atoms with Crippen LogP contribution in [-0.4, -0.2) is 43.5 Å². The van der Waals surface area contributed by atoms with Gasteiger partial charge in [0, 0.05) is 0 Å². The highest BCUT2D eigenvalue weighted by molar-refractivity contribution is 5.93. The second-order valence-corrected chi connectivity index (χ2v) is 4.79. The van der Waals surface area contributed by atoms with Crippen molar-refractivity contribution in [3.63, 3.8) is 0 Å². The monoisotopic (exact) mass is 348 g/mol. The Morgan fingerprint density at radius 2 is 1.32 bits per heavy atom. The van der Waals surface area contributed by atoms with Gasteiger partial charge in [0.1, 0.15) is 0 Å². The third-order valence-corrected chi connectivity index (χ3v) is 3.33. The van der Waals surface area contributed by atoms with E-state index in [9.17, 15) is 14.7 Å². The molecule has 2 N–H and O–H groups in total. The van der Waals surface area contributed by atoms with Gasteiger partial charge in [0.05, 0.1) is 32.5 Å². The molecule has 25 heavy (non-hydrogen) atoms. The number of rotatable bonds is 6. The molecule has 132 valence electrons. The van der Waals surface area contributed by atoms with E-state index in [4.69, 9.17) is 24.1 Å². The molecule has 0 aliphatic rings. The van der Waals surface area contributed by atoms with Gasteiger partial charge in [-0.3, -0.25) is 0 Å². The molecule has 2 aromatic carbocycles. The number of methoxy groups -OCH3 is 3. The Hall–Kier alpha value is -3.42. The number of carboxylic acids is 1. The molecule has 0 unspecified atom stereocenters. The third kappa shape index (κ3) is 3.74. The smallest absolute Gasteiger partial charge is 0.343 e. The van der Waals surface area contributed by atoms with E-state index in [0.29, 0.717) is 0 Å². The number of esters is 1. The van der Waals surface area contributed by atoms with Crippen LogP contribution in [0.2, 0.25) is 0 Å². The second kappa shape index (κ2) is 7.43. The first-order chi connectivity index (χ1) is 11.9. The summed E-state index contributed by atoms with van der Waals surface area (Å²) in [7, 11) is 3.99. The van der Waals surface area contributed by atoms with Crippen LogP contribution in [0.15, 0.2) is 30.3 Å². The molecule has 0 saturated carbocycles. The maximum Gasteiger partial charge on any atom is 0.343 e. The van der Waals surface area contributed by atoms with Crippen molar-refractivity contribution in [3.05, 3.63) is 41.5 Å². The summed E-state index contributed by atoms with van der Waals surface area (Å²) in [6.07, 6.45) is 0. The van der Waals surface area contributed by atoms with E-state index in [2.05, 4.69) is 0 Å². The Labute approximate surface area is 143 Å². The molecule has 0 heterocycles. The van der Waals surface area contributed by atoms with Crippen molar-refractivity contribution >= 4 is 11.9 Å². The normalized spacial score (nSPS) is 10.0. The maximum absolute atomic E-state index is 12.4. The highest BCUT2D eigenvalue weighted by atomic mass is 16.6. The average molecular weight is 348 g/mol. The van der Waals surface area contributed by atoms with Crippen molar-refractivity contribution in [2.75, 3.05) is 21.3 Å². The Morgan fingerprint density at radius 3 is 1.80 bits per heavy atom. The van der Waals surface area contributed by atoms with Crippen molar-refractivity contribution in [2.45, 2.75) is 0 Å². The Morgan fingerprint density at radius 1 is 0.800 bits per heavy atom. The quantitative estimate of drug-likeness (QED) is 0.604. The highest BCUT2D eigenvalue weighted by Crippen LogP contribution is 2.37. The topological polar surface area (TPSA) is 112 Å². The summed E-state index contributed by atoms with van der Waals surface area (Å²) < 4.78 is 20.3. The Kier molecular flexibility index (Phi) is 5.33. The molecule has 0 atom stereocenters. The number of benzene rings is 2. The minimum Gasteiger partial charge on any atom is -0.502 e. The molecule has 2 aromatic rings. The number of carboxylic acid groups (broad SMARTS) is 1. The fourth-order valence-corrected chi connectivity index (χ4v) is 2.06. The molecule has 0 fully saturated rings. The summed E-state index contributed by atoms with van der Waals surface area (Å²) in [4.78, 5) is 23.3. The van der Waals surface area contributed by atoms with Crippen LogP contribution in [0.4, 0.5) is 0 Å². The molecule has 8 nitrogen and oxygen atoms in total. The number of carbonyl (C=O) groups is 2. The van der Waals surface area contributed by atoms with E-state index < -0.39 is 11.9 Å². The Bertz CT molecular complexity index is 787. The van der Waals surface area contributed by atoms with Crippen LogP contribution in [0.5, 0.6) is 28.7 Å². The highest BCUT2D eigenvalue weighted by Gasteiger charge is 2.19. The first-order valence-electron chi connectivity index (χ1n) is 6.99. The zero-order valence-corrected chi connectivity index (χ0v) is 13.7. The fourth-order valence-electron chi connectivity index (χ4n) is 2.06. The van der Waals surface area contributed by atoms with Gasteiger partial charge < -0.3 is 29.2 Å². The van der Waals surface area contributed by atoms with E-state index in [1.165, 1.54) is 51.7 Å². The van der Waals surface area contributed by atoms with Gasteiger partial charge >= 0.3 is 11.9 Å². The molecule has 0 bridgehead atoms. The van der Waals surface area contributed by atoms with Gasteiger partial charge in [0.2, 0.25) is 5.75 Å². The summed E-state index contributed by atoms with van der Waals surface area (Å²) in [5.41, 5.74) is 0.0560. The molecule has 0 aromatic heterocycles. The zero-order valence-electron chi connectivity index (χ0n) is 13.7. The molecular weight excluding hydrogens is 332 g/mol. The average Bonchev–Trinajstić information content (AvgIpc) is 2.61. The summed E-state index contributed by atoms with van der Waals surface area (Å²) in [6.45, 7) is 0. The number of carbonyl (C=O) groups excluding carboxylic acids is 1. The lowest BCUT2D eigenvalue weighted by molar-refractivity contribution is 0.0696. The second-order valence-electron chi connectivity index (χ2n) is 4.79. The van der Waals surface area contributed by atoms with E-state index in [1.807, 2.05) is 0 Å². The van der Waals surface area contributed by atoms with Crippen molar-refractivity contribution in [2.24, 2.45) is 0 Å². The van der Waals surface area contributed by atoms with Crippen molar-refractivity contribution < 1.29 is 38.7 Å². The van der Waals surface area contributed by atoms with E-state index in [0.717, 1.165) is 0 Å². The van der Waals surface area contributed by atoms with Gasteiger partial charge in [-0.2, -0.15) is 0 Å². The lowest BCUT2D eigenvalue weighted by Crippen LogP contribution is -2.10. The number of phenolic OH excluding ortho intramolecular Hbond substituents is 1. The van der Waals surface area contributed by atoms with Gasteiger partial charge in [-0.05, 0) is 30.3 Å². The van der Waals surface area contributed by atoms with Crippen LogP contribution in [0.25, 0.3) is 0 Å². The van der Waals surface area contributed by atoms with Crippen LogP contribution in [0, 0.1) is 0 Å². The van der Waals surface area contributed by atoms with E-state index in [1.54, 1.807) is 0 Å². The predicted molar refractivity (Wildman–Crippen MR) is 86.1 cm³/mol. The number of aromatic hydroxyl groups is 1. The van der Waals surface area contributed by atoms with Gasteiger partial charge in [-0.25, -0.2) is 9.59 Å². The standard InChI is InChI=1S/C17H16O8/c1-22-12-6-9(16(19)20)4-5-11(12)25-17(21)10-7-13(23-2)15(18)14(8-10)24-3/h4-8,18H,1-3H3,(H,19,20). The summed E-state index contributed by atoms with van der Waals surface area (Å²) in [5.74, 6) is -1.93. The molecule has 0 aliphatic heterocycles. The van der Waals surface area contributed by atoms with Gasteiger partial charge in [0.15, 0.2) is 23.0 Å². The predicted octanol–water partition coefficient (Wildman–Crippen LogP) is 2.34. The first kappa shape index (κ1) is 17.9. The van der Waals surface area contributed by atoms with Crippen molar-refractivity contribution in [1.29, 1.82) is 0 Å². The van der Waals surface area contributed by atoms with Crippen LogP contribution in [0.1, 0.15) is 20.7 Å². The van der Waals surface area contributed by atoms with Crippen LogP contribution < -0.4 is 18.9 Å². The van der Waals surface area contributed by atoms with E-state index >= 15 is 0 Å². The fraction of sp³-hybridized carbons (Fsp3) is 0.176. The molecule has 0 radical (unpaired) electrons. The Balaban J connectivity index is 2.35. The third-order valence-electron chi connectivity index (χ3n) is 3.33. The zero-order chi connectivity index (χ0) is 18.6. The SMILES string of the molecule is COc1cc(C(=O)O)ccc1OC(=O)c1cc(OC)c(O)c(OC)c1. The number of aromatic carboxylic acids is 1. The van der Waals surface area contributed by atoms with Gasteiger partial charge in [0.25, 0.3) is 0 Å². The minimum absolute atomic E-state index is 0.00961. The number of hydrogen-bond donors (Lipinski definition) is 2. The molecule has 0 saturated heterocycles. The molecule has 2 rings (SSSR count). The summed E-state index contributed by atoms with van der Waals surface area (Å²) >= 11 is 0. The molecule has 0 aliphatic carbocycles. The molecule has 0 spiro atoms. The molecular formula is C17H16O8.